The minimum absolute atomic E-state index is 0.00319. The van der Waals surface area contributed by atoms with Gasteiger partial charge in [-0.2, -0.15) is 0 Å². The van der Waals surface area contributed by atoms with Crippen LogP contribution in [-0.4, -0.2) is 19.3 Å². The molecule has 0 spiro atoms. The van der Waals surface area contributed by atoms with Crippen molar-refractivity contribution in [2.45, 2.75) is 13.0 Å². The van der Waals surface area contributed by atoms with E-state index in [4.69, 9.17) is 15.4 Å². The van der Waals surface area contributed by atoms with Gasteiger partial charge in [-0.05, 0) is 12.1 Å². The summed E-state index contributed by atoms with van der Waals surface area (Å²) in [6.45, 7) is 3.03. The minimum Gasteiger partial charge on any atom is -0.486 e. The van der Waals surface area contributed by atoms with Crippen molar-refractivity contribution < 1.29 is 14.3 Å². The average Bonchev–Trinajstić information content (AvgIpc) is 2.29. The van der Waals surface area contributed by atoms with Gasteiger partial charge in [0.15, 0.2) is 11.5 Å². The zero-order valence-corrected chi connectivity index (χ0v) is 8.68. The Kier molecular flexibility index (Phi) is 3.08. The van der Waals surface area contributed by atoms with Crippen molar-refractivity contribution in [1.29, 1.82) is 0 Å². The van der Waals surface area contributed by atoms with Crippen LogP contribution in [0.1, 0.15) is 6.92 Å². The third-order valence-corrected chi connectivity index (χ3v) is 2.52. The molecule has 0 saturated heterocycles. The Morgan fingerprint density at radius 1 is 1.47 bits per heavy atom. The van der Waals surface area contributed by atoms with E-state index in [1.807, 2.05) is 31.2 Å². The lowest BCUT2D eigenvalue weighted by Crippen LogP contribution is -2.37. The molecule has 1 aliphatic rings. The number of ether oxygens (including phenoxy) is 2. The molecule has 1 aromatic carbocycles. The molecule has 82 valence electrons. The molecule has 4 nitrogen and oxygen atoms in total. The van der Waals surface area contributed by atoms with Crippen LogP contribution in [0.5, 0.6) is 11.5 Å². The predicted molar refractivity (Wildman–Crippen MR) is 55.7 cm³/mol. The number of nitrogens with two attached hydrogens (primary N) is 1. The fraction of sp³-hybridized carbons (Fsp3) is 0.455. The molecule has 2 N–H and O–H groups in total. The Hall–Kier alpha value is -1.26. The number of benzene rings is 1. The quantitative estimate of drug-likeness (QED) is 0.763. The van der Waals surface area contributed by atoms with E-state index in [1.165, 1.54) is 0 Å². The van der Waals surface area contributed by atoms with Crippen molar-refractivity contribution in [2.75, 3.05) is 13.2 Å². The summed E-state index contributed by atoms with van der Waals surface area (Å²) < 4.78 is 11.4. The fourth-order valence-corrected chi connectivity index (χ4v) is 1.58. The largest absolute Gasteiger partial charge is 0.486 e. The van der Waals surface area contributed by atoms with Crippen LogP contribution in [0.3, 0.4) is 0 Å². The predicted octanol–water partition coefficient (Wildman–Crippen LogP) is 1.35. The average molecular weight is 209 g/mol. The van der Waals surface area contributed by atoms with E-state index in [2.05, 4.69) is 4.84 Å². The number of hydrogen-bond acceptors (Lipinski definition) is 4. The third kappa shape index (κ3) is 2.22. The summed E-state index contributed by atoms with van der Waals surface area (Å²) in [6, 6.07) is 7.65. The van der Waals surface area contributed by atoms with Gasteiger partial charge in [-0.15, -0.1) is 0 Å². The highest BCUT2D eigenvalue weighted by Crippen LogP contribution is 2.32. The summed E-state index contributed by atoms with van der Waals surface area (Å²) in [4.78, 5) is 4.61. The molecule has 2 atom stereocenters. The highest BCUT2D eigenvalue weighted by Gasteiger charge is 2.25. The molecule has 2 rings (SSSR count). The van der Waals surface area contributed by atoms with Crippen LogP contribution in [0.25, 0.3) is 0 Å². The van der Waals surface area contributed by atoms with Gasteiger partial charge in [0.1, 0.15) is 12.7 Å². The normalized spacial score (nSPS) is 21.1. The maximum Gasteiger partial charge on any atom is 0.161 e. The Morgan fingerprint density at radius 2 is 2.20 bits per heavy atom. The van der Waals surface area contributed by atoms with Crippen molar-refractivity contribution in [1.82, 2.24) is 0 Å². The lowest BCUT2D eigenvalue weighted by molar-refractivity contribution is 0.00847. The first-order valence-corrected chi connectivity index (χ1v) is 5.01. The van der Waals surface area contributed by atoms with E-state index < -0.39 is 0 Å². The third-order valence-electron chi connectivity index (χ3n) is 2.52. The summed E-state index contributed by atoms with van der Waals surface area (Å²) in [7, 11) is 0. The van der Waals surface area contributed by atoms with Crippen LogP contribution < -0.4 is 15.4 Å². The zero-order valence-electron chi connectivity index (χ0n) is 8.68. The van der Waals surface area contributed by atoms with Gasteiger partial charge in [-0.3, -0.25) is 0 Å². The highest BCUT2D eigenvalue weighted by atomic mass is 16.6. The Bertz CT molecular complexity index is 329. The molecule has 1 aliphatic heterocycles. The first kappa shape index (κ1) is 10.3. The van der Waals surface area contributed by atoms with Crippen molar-refractivity contribution in [2.24, 2.45) is 11.8 Å². The number of hydrogen-bond donors (Lipinski definition) is 1. The first-order chi connectivity index (χ1) is 7.31. The first-order valence-electron chi connectivity index (χ1n) is 5.01. The van der Waals surface area contributed by atoms with E-state index in [-0.39, 0.29) is 12.0 Å². The molecular formula is C11H15NO3. The van der Waals surface area contributed by atoms with E-state index in [9.17, 15) is 0 Å². The van der Waals surface area contributed by atoms with E-state index in [1.54, 1.807) is 0 Å². The monoisotopic (exact) mass is 209 g/mol. The lowest BCUT2D eigenvalue weighted by atomic mass is 10.1. The molecule has 0 radical (unpaired) electrons. The van der Waals surface area contributed by atoms with Crippen LogP contribution in [0.4, 0.5) is 0 Å². The van der Waals surface area contributed by atoms with Crippen LogP contribution >= 0.6 is 0 Å². The van der Waals surface area contributed by atoms with Gasteiger partial charge in [0.2, 0.25) is 0 Å². The summed E-state index contributed by atoms with van der Waals surface area (Å²) >= 11 is 0. The number of rotatable bonds is 3. The smallest absolute Gasteiger partial charge is 0.161 e. The maximum absolute atomic E-state index is 5.79. The van der Waals surface area contributed by atoms with Crippen molar-refractivity contribution in [3.05, 3.63) is 24.3 Å². The zero-order chi connectivity index (χ0) is 10.7. The van der Waals surface area contributed by atoms with Crippen LogP contribution in [-0.2, 0) is 4.84 Å². The summed E-state index contributed by atoms with van der Waals surface area (Å²) in [6.07, 6.45) is 0.00319. The second-order valence-corrected chi connectivity index (χ2v) is 3.72. The minimum atomic E-state index is 0.00319. The van der Waals surface area contributed by atoms with Gasteiger partial charge >= 0.3 is 0 Å². The van der Waals surface area contributed by atoms with E-state index >= 15 is 0 Å². The van der Waals surface area contributed by atoms with Crippen molar-refractivity contribution in [3.8, 4) is 11.5 Å². The van der Waals surface area contributed by atoms with Gasteiger partial charge in [-0.1, -0.05) is 19.1 Å². The maximum atomic E-state index is 5.79. The molecule has 0 saturated carbocycles. The molecular weight excluding hydrogens is 194 g/mol. The molecule has 0 amide bonds. The fourth-order valence-electron chi connectivity index (χ4n) is 1.58. The lowest BCUT2D eigenvalue weighted by Gasteiger charge is -2.29. The van der Waals surface area contributed by atoms with Gasteiger partial charge < -0.3 is 14.3 Å². The SMILES string of the molecule is CC(CON)C1COc2ccccc2O1. The number of fused-ring (bicyclic) bond motifs is 1. The Balaban J connectivity index is 2.05. The summed E-state index contributed by atoms with van der Waals surface area (Å²) in [5.74, 6) is 6.84. The van der Waals surface area contributed by atoms with E-state index in [0.29, 0.717) is 13.2 Å². The molecule has 0 aromatic heterocycles. The molecule has 0 aliphatic carbocycles. The topological polar surface area (TPSA) is 53.7 Å². The van der Waals surface area contributed by atoms with Gasteiger partial charge in [0.05, 0.1) is 6.61 Å². The van der Waals surface area contributed by atoms with Crippen molar-refractivity contribution >= 4 is 0 Å². The molecule has 1 aromatic rings. The number of para-hydroxylation sites is 2. The molecule has 15 heavy (non-hydrogen) atoms. The van der Waals surface area contributed by atoms with E-state index in [0.717, 1.165) is 11.5 Å². The molecule has 0 bridgehead atoms. The summed E-state index contributed by atoms with van der Waals surface area (Å²) in [5.41, 5.74) is 0. The molecule has 0 fully saturated rings. The summed E-state index contributed by atoms with van der Waals surface area (Å²) in [5, 5.41) is 0. The van der Waals surface area contributed by atoms with Crippen LogP contribution in [0.2, 0.25) is 0 Å². The van der Waals surface area contributed by atoms with Gasteiger partial charge in [0.25, 0.3) is 0 Å². The van der Waals surface area contributed by atoms with Crippen LogP contribution in [0.15, 0.2) is 24.3 Å². The van der Waals surface area contributed by atoms with Gasteiger partial charge in [-0.25, -0.2) is 5.90 Å². The molecule has 2 unspecified atom stereocenters. The second-order valence-electron chi connectivity index (χ2n) is 3.72. The second kappa shape index (κ2) is 4.51. The molecule has 4 heteroatoms. The Labute approximate surface area is 88.9 Å². The molecule has 1 heterocycles. The highest BCUT2D eigenvalue weighted by molar-refractivity contribution is 5.40. The van der Waals surface area contributed by atoms with Gasteiger partial charge in [0, 0.05) is 5.92 Å². The van der Waals surface area contributed by atoms with Crippen molar-refractivity contribution in [3.63, 3.8) is 0 Å². The Morgan fingerprint density at radius 3 is 2.93 bits per heavy atom. The standard InChI is InChI=1S/C11H15NO3/c1-8(6-14-12)11-7-13-9-4-2-3-5-10(9)15-11/h2-5,8,11H,6-7,12H2,1H3. The van der Waals surface area contributed by atoms with Crippen LogP contribution in [0, 0.1) is 5.92 Å².